The number of rotatable bonds is 6. The van der Waals surface area contributed by atoms with Crippen molar-refractivity contribution in [1.82, 2.24) is 19.3 Å². The van der Waals surface area contributed by atoms with Crippen molar-refractivity contribution in [1.29, 1.82) is 0 Å². The second-order valence-electron chi connectivity index (χ2n) is 8.53. The summed E-state index contributed by atoms with van der Waals surface area (Å²) in [6.07, 6.45) is 3.51. The molecule has 0 amide bonds. The second-order valence-corrected chi connectivity index (χ2v) is 10.5. The first-order valence-corrected chi connectivity index (χ1v) is 12.0. The van der Waals surface area contributed by atoms with Crippen LogP contribution in [0.4, 0.5) is 0 Å². The standard InChI is InChI=1S/C21H30N4O4S/c1-4-13-28-17-5-7-18(8-6-17)30(26,27)25-11-9-21(10-12-25)14-19(24(3)15-21)20-22-16(2)29-23-20/h5-8,19H,4,9-15H2,1-3H3. The Morgan fingerprint density at radius 1 is 1.23 bits per heavy atom. The largest absolute Gasteiger partial charge is 0.494 e. The normalized spacial score (nSPS) is 22.6. The van der Waals surface area contributed by atoms with E-state index >= 15 is 0 Å². The monoisotopic (exact) mass is 434 g/mol. The summed E-state index contributed by atoms with van der Waals surface area (Å²) in [4.78, 5) is 7.00. The summed E-state index contributed by atoms with van der Waals surface area (Å²) < 4.78 is 38.6. The zero-order chi connectivity index (χ0) is 21.4. The van der Waals surface area contributed by atoms with Crippen molar-refractivity contribution < 1.29 is 17.7 Å². The van der Waals surface area contributed by atoms with E-state index in [0.717, 1.165) is 38.1 Å². The number of nitrogens with zero attached hydrogens (tertiary/aromatic N) is 4. The fraction of sp³-hybridized carbons (Fsp3) is 0.619. The molecule has 1 atom stereocenters. The molecule has 4 rings (SSSR count). The summed E-state index contributed by atoms with van der Waals surface area (Å²) in [7, 11) is -1.42. The third-order valence-electron chi connectivity index (χ3n) is 6.30. The van der Waals surface area contributed by atoms with Crippen LogP contribution in [-0.4, -0.2) is 61.1 Å². The maximum Gasteiger partial charge on any atom is 0.243 e. The van der Waals surface area contributed by atoms with E-state index in [-0.39, 0.29) is 11.5 Å². The van der Waals surface area contributed by atoms with Gasteiger partial charge in [0.25, 0.3) is 0 Å². The van der Waals surface area contributed by atoms with E-state index in [1.165, 1.54) is 0 Å². The number of aromatic nitrogens is 2. The van der Waals surface area contributed by atoms with Gasteiger partial charge in [0.2, 0.25) is 15.9 Å². The number of ether oxygens (including phenoxy) is 1. The van der Waals surface area contributed by atoms with Crippen molar-refractivity contribution >= 4 is 10.0 Å². The Labute approximate surface area is 178 Å². The van der Waals surface area contributed by atoms with Gasteiger partial charge in [-0.15, -0.1) is 0 Å². The zero-order valence-electron chi connectivity index (χ0n) is 17.9. The van der Waals surface area contributed by atoms with Gasteiger partial charge in [0.05, 0.1) is 17.5 Å². The van der Waals surface area contributed by atoms with E-state index in [0.29, 0.717) is 36.2 Å². The molecule has 0 N–H and O–H groups in total. The molecule has 1 spiro atoms. The first-order chi connectivity index (χ1) is 14.3. The molecular formula is C21H30N4O4S. The van der Waals surface area contributed by atoms with Crippen LogP contribution >= 0.6 is 0 Å². The lowest BCUT2D eigenvalue weighted by Crippen LogP contribution is -2.44. The van der Waals surface area contributed by atoms with Gasteiger partial charge < -0.3 is 9.26 Å². The number of likely N-dealkylation sites (tertiary alicyclic amines) is 1. The molecule has 0 bridgehead atoms. The summed E-state index contributed by atoms with van der Waals surface area (Å²) in [6.45, 7) is 6.44. The lowest BCUT2D eigenvalue weighted by molar-refractivity contribution is 0.161. The van der Waals surface area contributed by atoms with E-state index in [9.17, 15) is 8.42 Å². The summed E-state index contributed by atoms with van der Waals surface area (Å²) in [6, 6.07) is 6.88. The molecule has 164 valence electrons. The number of sulfonamides is 1. The first kappa shape index (κ1) is 21.3. The van der Waals surface area contributed by atoms with Crippen LogP contribution in [0.3, 0.4) is 0 Å². The van der Waals surface area contributed by atoms with Gasteiger partial charge in [-0.05, 0) is 62.4 Å². The molecule has 0 aliphatic carbocycles. The smallest absolute Gasteiger partial charge is 0.243 e. The molecule has 3 heterocycles. The Balaban J connectivity index is 1.41. The highest BCUT2D eigenvalue weighted by atomic mass is 32.2. The van der Waals surface area contributed by atoms with E-state index in [1.54, 1.807) is 35.5 Å². The van der Waals surface area contributed by atoms with E-state index in [2.05, 4.69) is 22.1 Å². The summed E-state index contributed by atoms with van der Waals surface area (Å²) in [5.74, 6) is 2.00. The maximum absolute atomic E-state index is 13.1. The van der Waals surface area contributed by atoms with Crippen molar-refractivity contribution in [2.24, 2.45) is 5.41 Å². The maximum atomic E-state index is 13.1. The molecular weight excluding hydrogens is 404 g/mol. The van der Waals surface area contributed by atoms with Crippen LogP contribution in [0.1, 0.15) is 50.4 Å². The molecule has 1 aromatic carbocycles. The van der Waals surface area contributed by atoms with Crippen LogP contribution in [0.2, 0.25) is 0 Å². The number of hydrogen-bond donors (Lipinski definition) is 0. The molecule has 1 unspecified atom stereocenters. The number of benzene rings is 1. The van der Waals surface area contributed by atoms with Gasteiger partial charge in [-0.25, -0.2) is 8.42 Å². The van der Waals surface area contributed by atoms with E-state index < -0.39 is 10.0 Å². The third kappa shape index (κ3) is 4.10. The molecule has 2 aliphatic heterocycles. The molecule has 9 heteroatoms. The minimum Gasteiger partial charge on any atom is -0.494 e. The lowest BCUT2D eigenvalue weighted by atomic mass is 9.77. The van der Waals surface area contributed by atoms with Crippen molar-refractivity contribution in [3.63, 3.8) is 0 Å². The molecule has 0 radical (unpaired) electrons. The molecule has 2 saturated heterocycles. The van der Waals surface area contributed by atoms with E-state index in [4.69, 9.17) is 9.26 Å². The van der Waals surface area contributed by atoms with Crippen LogP contribution in [0.5, 0.6) is 5.75 Å². The van der Waals surface area contributed by atoms with Crippen LogP contribution < -0.4 is 4.74 Å². The van der Waals surface area contributed by atoms with Gasteiger partial charge in [-0.1, -0.05) is 12.1 Å². The predicted molar refractivity (Wildman–Crippen MR) is 112 cm³/mol. The summed E-state index contributed by atoms with van der Waals surface area (Å²) in [5.41, 5.74) is 0.0951. The van der Waals surface area contributed by atoms with Crippen molar-refractivity contribution in [3.8, 4) is 5.75 Å². The lowest BCUT2D eigenvalue weighted by Gasteiger charge is -2.38. The van der Waals surface area contributed by atoms with Gasteiger partial charge in [-0.3, -0.25) is 4.90 Å². The Bertz CT molecular complexity index is 965. The molecule has 8 nitrogen and oxygen atoms in total. The van der Waals surface area contributed by atoms with Crippen LogP contribution in [0, 0.1) is 12.3 Å². The SMILES string of the molecule is CCCOc1ccc(S(=O)(=O)N2CCC3(CC2)CC(c2noc(C)n2)N(C)C3)cc1. The van der Waals surface area contributed by atoms with Crippen LogP contribution in [-0.2, 0) is 10.0 Å². The van der Waals surface area contributed by atoms with Gasteiger partial charge in [-0.2, -0.15) is 9.29 Å². The molecule has 30 heavy (non-hydrogen) atoms. The highest BCUT2D eigenvalue weighted by Gasteiger charge is 2.47. The zero-order valence-corrected chi connectivity index (χ0v) is 18.7. The fourth-order valence-electron chi connectivity index (χ4n) is 4.65. The third-order valence-corrected chi connectivity index (χ3v) is 8.21. The minimum absolute atomic E-state index is 0.0951. The summed E-state index contributed by atoms with van der Waals surface area (Å²) in [5, 5.41) is 4.10. The molecule has 1 aromatic heterocycles. The Morgan fingerprint density at radius 3 is 2.53 bits per heavy atom. The van der Waals surface area contributed by atoms with Gasteiger partial charge in [0.15, 0.2) is 5.82 Å². The fourth-order valence-corrected chi connectivity index (χ4v) is 6.09. The number of aryl methyl sites for hydroxylation is 1. The summed E-state index contributed by atoms with van der Waals surface area (Å²) >= 11 is 0. The Kier molecular flexibility index (Phi) is 5.87. The number of hydrogen-bond acceptors (Lipinski definition) is 7. The van der Waals surface area contributed by atoms with Crippen LogP contribution in [0.25, 0.3) is 0 Å². The van der Waals surface area contributed by atoms with Crippen LogP contribution in [0.15, 0.2) is 33.7 Å². The quantitative estimate of drug-likeness (QED) is 0.690. The number of piperidine rings is 1. The highest BCUT2D eigenvalue weighted by Crippen LogP contribution is 2.48. The molecule has 2 fully saturated rings. The van der Waals surface area contributed by atoms with Crippen molar-refractivity contribution in [2.45, 2.75) is 50.5 Å². The second kappa shape index (κ2) is 8.28. The van der Waals surface area contributed by atoms with Gasteiger partial charge in [0, 0.05) is 26.6 Å². The van der Waals surface area contributed by atoms with Gasteiger partial charge >= 0.3 is 0 Å². The molecule has 0 saturated carbocycles. The molecule has 2 aromatic rings. The average molecular weight is 435 g/mol. The topological polar surface area (TPSA) is 88.8 Å². The Hall–Kier alpha value is -1.97. The van der Waals surface area contributed by atoms with Gasteiger partial charge in [0.1, 0.15) is 5.75 Å². The minimum atomic E-state index is -3.50. The Morgan fingerprint density at radius 2 is 1.93 bits per heavy atom. The first-order valence-electron chi connectivity index (χ1n) is 10.6. The van der Waals surface area contributed by atoms with E-state index in [1.807, 2.05) is 6.92 Å². The van der Waals surface area contributed by atoms with Crippen molar-refractivity contribution in [3.05, 3.63) is 36.0 Å². The van der Waals surface area contributed by atoms with Crippen molar-refractivity contribution in [2.75, 3.05) is 33.3 Å². The molecule has 2 aliphatic rings. The average Bonchev–Trinajstić information content (AvgIpc) is 3.30. The highest BCUT2D eigenvalue weighted by molar-refractivity contribution is 7.89. The predicted octanol–water partition coefficient (Wildman–Crippen LogP) is 3.01.